The van der Waals surface area contributed by atoms with Gasteiger partial charge in [-0.15, -0.1) is 0 Å². The van der Waals surface area contributed by atoms with Crippen molar-refractivity contribution >= 4 is 11.6 Å². The summed E-state index contributed by atoms with van der Waals surface area (Å²) in [6, 6.07) is 0.750. The SMILES string of the molecule is CCc1c(NC)ncnc1NCCCN1CCCCC1C. The van der Waals surface area contributed by atoms with Gasteiger partial charge in [-0.05, 0) is 39.2 Å². The summed E-state index contributed by atoms with van der Waals surface area (Å²) in [5.41, 5.74) is 1.17. The van der Waals surface area contributed by atoms with Gasteiger partial charge in [-0.25, -0.2) is 9.97 Å². The second-order valence-corrected chi connectivity index (χ2v) is 5.81. The van der Waals surface area contributed by atoms with E-state index in [0.29, 0.717) is 0 Å². The average molecular weight is 291 g/mol. The number of anilines is 2. The van der Waals surface area contributed by atoms with Gasteiger partial charge in [0, 0.05) is 31.7 Å². The average Bonchev–Trinajstić information content (AvgIpc) is 2.52. The van der Waals surface area contributed by atoms with Gasteiger partial charge in [-0.3, -0.25) is 0 Å². The Morgan fingerprint density at radius 3 is 2.81 bits per heavy atom. The zero-order valence-corrected chi connectivity index (χ0v) is 13.7. The molecule has 2 heterocycles. The van der Waals surface area contributed by atoms with Crippen LogP contribution in [0.15, 0.2) is 6.33 Å². The van der Waals surface area contributed by atoms with Crippen LogP contribution in [0.2, 0.25) is 0 Å². The first-order valence-corrected chi connectivity index (χ1v) is 8.25. The third-order valence-corrected chi connectivity index (χ3v) is 4.39. The predicted molar refractivity (Wildman–Crippen MR) is 88.9 cm³/mol. The number of piperidine rings is 1. The second-order valence-electron chi connectivity index (χ2n) is 5.81. The lowest BCUT2D eigenvalue weighted by Crippen LogP contribution is -2.38. The summed E-state index contributed by atoms with van der Waals surface area (Å²) in [5.74, 6) is 1.91. The monoisotopic (exact) mass is 291 g/mol. The van der Waals surface area contributed by atoms with Crippen LogP contribution >= 0.6 is 0 Å². The molecule has 0 radical (unpaired) electrons. The standard InChI is InChI=1S/C16H29N5/c1-4-14-15(17-3)19-12-20-16(14)18-9-7-11-21-10-6-5-8-13(21)2/h12-13H,4-11H2,1-3H3,(H2,17,18,19,20). The van der Waals surface area contributed by atoms with Crippen LogP contribution in [0.1, 0.15) is 45.1 Å². The van der Waals surface area contributed by atoms with E-state index in [1.54, 1.807) is 6.33 Å². The van der Waals surface area contributed by atoms with Gasteiger partial charge in [0.2, 0.25) is 0 Å². The van der Waals surface area contributed by atoms with Crippen LogP contribution in [-0.4, -0.2) is 47.6 Å². The highest BCUT2D eigenvalue weighted by Crippen LogP contribution is 2.20. The first-order valence-electron chi connectivity index (χ1n) is 8.25. The maximum Gasteiger partial charge on any atom is 0.134 e. The molecule has 1 aliphatic heterocycles. The Hall–Kier alpha value is -1.36. The molecule has 0 spiro atoms. The molecule has 1 aliphatic rings. The number of nitrogens with zero attached hydrogens (tertiary/aromatic N) is 3. The second kappa shape index (κ2) is 8.17. The maximum atomic E-state index is 4.38. The van der Waals surface area contributed by atoms with Gasteiger partial charge in [-0.2, -0.15) is 0 Å². The molecule has 0 aliphatic carbocycles. The van der Waals surface area contributed by atoms with E-state index in [1.807, 2.05) is 7.05 Å². The Balaban J connectivity index is 1.80. The maximum absolute atomic E-state index is 4.38. The van der Waals surface area contributed by atoms with Crippen molar-refractivity contribution in [3.8, 4) is 0 Å². The number of hydrogen-bond donors (Lipinski definition) is 2. The number of rotatable bonds is 7. The Labute approximate surface area is 128 Å². The van der Waals surface area contributed by atoms with Crippen molar-refractivity contribution in [2.75, 3.05) is 37.3 Å². The molecule has 0 amide bonds. The quantitative estimate of drug-likeness (QED) is 0.757. The summed E-state index contributed by atoms with van der Waals surface area (Å²) in [7, 11) is 1.91. The Kier molecular flexibility index (Phi) is 6.23. The third-order valence-electron chi connectivity index (χ3n) is 4.39. The minimum atomic E-state index is 0.750. The molecule has 1 saturated heterocycles. The van der Waals surface area contributed by atoms with Gasteiger partial charge in [-0.1, -0.05) is 13.3 Å². The van der Waals surface area contributed by atoms with Gasteiger partial charge in [0.25, 0.3) is 0 Å². The van der Waals surface area contributed by atoms with Crippen LogP contribution in [0.5, 0.6) is 0 Å². The molecule has 0 aromatic carbocycles. The molecule has 1 atom stereocenters. The minimum Gasteiger partial charge on any atom is -0.373 e. The Morgan fingerprint density at radius 1 is 1.29 bits per heavy atom. The van der Waals surface area contributed by atoms with E-state index in [0.717, 1.165) is 37.1 Å². The lowest BCUT2D eigenvalue weighted by molar-refractivity contribution is 0.160. The lowest BCUT2D eigenvalue weighted by atomic mass is 10.0. The molecule has 1 fully saturated rings. The van der Waals surface area contributed by atoms with Gasteiger partial charge in [0.1, 0.15) is 18.0 Å². The van der Waals surface area contributed by atoms with Crippen LogP contribution in [0.25, 0.3) is 0 Å². The normalized spacial score (nSPS) is 19.5. The summed E-state index contributed by atoms with van der Waals surface area (Å²) >= 11 is 0. The molecule has 1 unspecified atom stereocenters. The Bertz CT molecular complexity index is 435. The molecular weight excluding hydrogens is 262 g/mol. The molecule has 0 bridgehead atoms. The molecule has 5 heteroatoms. The van der Waals surface area contributed by atoms with Crippen molar-refractivity contribution < 1.29 is 0 Å². The highest BCUT2D eigenvalue weighted by Gasteiger charge is 2.17. The highest BCUT2D eigenvalue weighted by molar-refractivity contribution is 5.56. The van der Waals surface area contributed by atoms with Crippen molar-refractivity contribution in [3.05, 3.63) is 11.9 Å². The minimum absolute atomic E-state index is 0.750. The molecule has 2 N–H and O–H groups in total. The van der Waals surface area contributed by atoms with Crippen molar-refractivity contribution in [3.63, 3.8) is 0 Å². The molecule has 21 heavy (non-hydrogen) atoms. The van der Waals surface area contributed by atoms with E-state index >= 15 is 0 Å². The highest BCUT2D eigenvalue weighted by atomic mass is 15.2. The van der Waals surface area contributed by atoms with Crippen molar-refractivity contribution in [1.29, 1.82) is 0 Å². The lowest BCUT2D eigenvalue weighted by Gasteiger charge is -2.33. The van der Waals surface area contributed by atoms with Gasteiger partial charge in [0.15, 0.2) is 0 Å². The van der Waals surface area contributed by atoms with E-state index in [4.69, 9.17) is 0 Å². The fourth-order valence-corrected chi connectivity index (χ4v) is 3.09. The summed E-state index contributed by atoms with van der Waals surface area (Å²) < 4.78 is 0. The van der Waals surface area contributed by atoms with Gasteiger partial charge in [0.05, 0.1) is 0 Å². The topological polar surface area (TPSA) is 53.1 Å². The van der Waals surface area contributed by atoms with Crippen LogP contribution < -0.4 is 10.6 Å². The fourth-order valence-electron chi connectivity index (χ4n) is 3.09. The summed E-state index contributed by atoms with van der Waals surface area (Å²) in [6.45, 7) is 7.90. The van der Waals surface area contributed by atoms with E-state index in [1.165, 1.54) is 37.9 Å². The van der Waals surface area contributed by atoms with Crippen LogP contribution in [-0.2, 0) is 6.42 Å². The molecule has 1 aromatic rings. The zero-order chi connectivity index (χ0) is 15.1. The molecule has 118 valence electrons. The first-order chi connectivity index (χ1) is 10.3. The Morgan fingerprint density at radius 2 is 2.10 bits per heavy atom. The van der Waals surface area contributed by atoms with Crippen LogP contribution in [0.3, 0.4) is 0 Å². The molecule has 0 saturated carbocycles. The van der Waals surface area contributed by atoms with Crippen LogP contribution in [0, 0.1) is 0 Å². The summed E-state index contributed by atoms with van der Waals surface area (Å²) in [5, 5.41) is 6.61. The predicted octanol–water partition coefficient (Wildman–Crippen LogP) is 2.76. The largest absolute Gasteiger partial charge is 0.373 e. The number of hydrogen-bond acceptors (Lipinski definition) is 5. The molecule has 2 rings (SSSR count). The number of aromatic nitrogens is 2. The molecular formula is C16H29N5. The van der Waals surface area contributed by atoms with Crippen molar-refractivity contribution in [2.24, 2.45) is 0 Å². The third kappa shape index (κ3) is 4.30. The van der Waals surface area contributed by atoms with Crippen molar-refractivity contribution in [2.45, 2.75) is 52.0 Å². The van der Waals surface area contributed by atoms with Gasteiger partial charge < -0.3 is 15.5 Å². The smallest absolute Gasteiger partial charge is 0.134 e. The first kappa shape index (κ1) is 16.0. The van der Waals surface area contributed by atoms with Gasteiger partial charge >= 0.3 is 0 Å². The van der Waals surface area contributed by atoms with E-state index < -0.39 is 0 Å². The fraction of sp³-hybridized carbons (Fsp3) is 0.750. The van der Waals surface area contributed by atoms with E-state index in [9.17, 15) is 0 Å². The number of nitrogens with one attached hydrogen (secondary N) is 2. The summed E-state index contributed by atoms with van der Waals surface area (Å²) in [6.07, 6.45) is 7.82. The number of likely N-dealkylation sites (tertiary alicyclic amines) is 1. The molecule has 1 aromatic heterocycles. The molecule has 5 nitrogen and oxygen atoms in total. The van der Waals surface area contributed by atoms with Crippen molar-refractivity contribution in [1.82, 2.24) is 14.9 Å². The zero-order valence-electron chi connectivity index (χ0n) is 13.7. The van der Waals surface area contributed by atoms with E-state index in [2.05, 4.69) is 39.3 Å². The van der Waals surface area contributed by atoms with Crippen LogP contribution in [0.4, 0.5) is 11.6 Å². The summed E-state index contributed by atoms with van der Waals surface area (Å²) in [4.78, 5) is 11.3. The van der Waals surface area contributed by atoms with E-state index in [-0.39, 0.29) is 0 Å².